The molecule has 1 aromatic rings. The third kappa shape index (κ3) is 3.44. The van der Waals surface area contributed by atoms with E-state index in [4.69, 9.17) is 16.2 Å². The fourth-order valence-electron chi connectivity index (χ4n) is 1.75. The molecule has 0 saturated carbocycles. The van der Waals surface area contributed by atoms with E-state index in [0.717, 1.165) is 23.2 Å². The second-order valence-corrected chi connectivity index (χ2v) is 4.56. The highest BCUT2D eigenvalue weighted by Gasteiger charge is 2.14. The van der Waals surface area contributed by atoms with Gasteiger partial charge in [-0.3, -0.25) is 5.41 Å². The molecule has 0 radical (unpaired) electrons. The van der Waals surface area contributed by atoms with E-state index in [1.54, 1.807) is 0 Å². The molecule has 17 heavy (non-hydrogen) atoms. The Morgan fingerprint density at radius 1 is 1.53 bits per heavy atom. The number of rotatable bonds is 6. The van der Waals surface area contributed by atoms with Gasteiger partial charge in [0.2, 0.25) is 0 Å². The number of amidine groups is 1. The van der Waals surface area contributed by atoms with E-state index in [1.807, 2.05) is 25.1 Å². The van der Waals surface area contributed by atoms with Crippen LogP contribution < -0.4 is 10.6 Å². The molecule has 4 nitrogen and oxygen atoms in total. The molecule has 0 spiro atoms. The van der Waals surface area contributed by atoms with Crippen molar-refractivity contribution in [2.45, 2.75) is 13.3 Å². The highest BCUT2D eigenvalue weighted by molar-refractivity contribution is 9.10. The van der Waals surface area contributed by atoms with Crippen molar-refractivity contribution in [2.24, 2.45) is 5.73 Å². The molecule has 0 heterocycles. The fourth-order valence-corrected chi connectivity index (χ4v) is 2.32. The first-order valence-corrected chi connectivity index (χ1v) is 6.39. The first-order valence-electron chi connectivity index (χ1n) is 5.60. The maximum Gasteiger partial charge on any atom is 0.126 e. The number of aliphatic hydroxyl groups is 1. The van der Waals surface area contributed by atoms with Gasteiger partial charge in [0.25, 0.3) is 0 Å². The lowest BCUT2D eigenvalue weighted by Crippen LogP contribution is -2.28. The summed E-state index contributed by atoms with van der Waals surface area (Å²) in [6.45, 7) is 3.78. The number of nitrogen functional groups attached to an aromatic ring is 1. The minimum absolute atomic E-state index is 0.0509. The number of nitrogens with two attached hydrogens (primary N) is 1. The number of halogens is 1. The van der Waals surface area contributed by atoms with Crippen LogP contribution in [-0.2, 0) is 0 Å². The minimum Gasteiger partial charge on any atom is -0.396 e. The van der Waals surface area contributed by atoms with E-state index < -0.39 is 0 Å². The minimum atomic E-state index is 0.0509. The van der Waals surface area contributed by atoms with E-state index in [0.29, 0.717) is 12.0 Å². The number of benzene rings is 1. The molecular weight excluding hydrogens is 282 g/mol. The van der Waals surface area contributed by atoms with Crippen LogP contribution in [0.1, 0.15) is 18.9 Å². The Labute approximate surface area is 110 Å². The smallest absolute Gasteiger partial charge is 0.126 e. The third-order valence-electron chi connectivity index (χ3n) is 2.57. The van der Waals surface area contributed by atoms with Crippen LogP contribution in [0, 0.1) is 5.41 Å². The number of nitrogens with zero attached hydrogens (tertiary/aromatic N) is 1. The van der Waals surface area contributed by atoms with E-state index in [1.165, 1.54) is 0 Å². The van der Waals surface area contributed by atoms with Crippen LogP contribution in [0.4, 0.5) is 5.69 Å². The van der Waals surface area contributed by atoms with Gasteiger partial charge in [0.15, 0.2) is 0 Å². The van der Waals surface area contributed by atoms with Gasteiger partial charge in [0.1, 0.15) is 5.84 Å². The first-order chi connectivity index (χ1) is 8.11. The third-order valence-corrected chi connectivity index (χ3v) is 3.23. The van der Waals surface area contributed by atoms with Crippen LogP contribution >= 0.6 is 15.9 Å². The Bertz CT molecular complexity index is 395. The lowest BCUT2D eigenvalue weighted by atomic mass is 10.1. The Morgan fingerprint density at radius 3 is 2.76 bits per heavy atom. The Hall–Kier alpha value is -1.07. The van der Waals surface area contributed by atoms with Crippen LogP contribution in [0.5, 0.6) is 0 Å². The van der Waals surface area contributed by atoms with Crippen molar-refractivity contribution in [2.75, 3.05) is 24.6 Å². The quantitative estimate of drug-likeness (QED) is 0.555. The van der Waals surface area contributed by atoms with E-state index in [-0.39, 0.29) is 12.4 Å². The monoisotopic (exact) mass is 299 g/mol. The molecule has 94 valence electrons. The van der Waals surface area contributed by atoms with Gasteiger partial charge in [-0.25, -0.2) is 0 Å². The molecule has 1 rings (SSSR count). The van der Waals surface area contributed by atoms with Crippen molar-refractivity contribution in [3.8, 4) is 0 Å². The highest BCUT2D eigenvalue weighted by atomic mass is 79.9. The fraction of sp³-hybridized carbons (Fsp3) is 0.417. The number of nitrogens with one attached hydrogen (secondary N) is 1. The molecule has 0 saturated heterocycles. The normalized spacial score (nSPS) is 10.3. The molecule has 0 amide bonds. The second kappa shape index (κ2) is 6.61. The summed E-state index contributed by atoms with van der Waals surface area (Å²) in [5.41, 5.74) is 7.26. The summed E-state index contributed by atoms with van der Waals surface area (Å²) in [4.78, 5) is 2.11. The summed E-state index contributed by atoms with van der Waals surface area (Å²) in [6.07, 6.45) is 0.706. The zero-order valence-electron chi connectivity index (χ0n) is 9.91. The number of anilines is 1. The summed E-state index contributed by atoms with van der Waals surface area (Å²) in [5, 5.41) is 16.5. The first kappa shape index (κ1) is 14.0. The van der Waals surface area contributed by atoms with Gasteiger partial charge in [-0.05, 0) is 41.4 Å². The van der Waals surface area contributed by atoms with Crippen LogP contribution in [-0.4, -0.2) is 30.6 Å². The summed E-state index contributed by atoms with van der Waals surface area (Å²) in [5.74, 6) is 0.0509. The Kier molecular flexibility index (Phi) is 5.44. The molecule has 0 aliphatic rings. The second-order valence-electron chi connectivity index (χ2n) is 3.70. The van der Waals surface area contributed by atoms with Crippen molar-refractivity contribution in [1.29, 1.82) is 5.41 Å². The van der Waals surface area contributed by atoms with Gasteiger partial charge in [0, 0.05) is 29.9 Å². The molecule has 4 N–H and O–H groups in total. The summed E-state index contributed by atoms with van der Waals surface area (Å²) in [6, 6.07) is 5.75. The largest absolute Gasteiger partial charge is 0.396 e. The Morgan fingerprint density at radius 2 is 2.24 bits per heavy atom. The van der Waals surface area contributed by atoms with Crippen LogP contribution in [0.3, 0.4) is 0 Å². The molecule has 0 aliphatic carbocycles. The average Bonchev–Trinajstić information content (AvgIpc) is 2.29. The van der Waals surface area contributed by atoms with E-state index in [9.17, 15) is 0 Å². The van der Waals surface area contributed by atoms with Gasteiger partial charge < -0.3 is 15.7 Å². The van der Waals surface area contributed by atoms with Crippen LogP contribution in [0.2, 0.25) is 0 Å². The number of hydrogen-bond donors (Lipinski definition) is 3. The SMILES string of the molecule is CCN(CCCO)c1cccc(Br)c1C(=N)N. The van der Waals surface area contributed by atoms with Crippen molar-refractivity contribution in [3.63, 3.8) is 0 Å². The summed E-state index contributed by atoms with van der Waals surface area (Å²) < 4.78 is 0.824. The summed E-state index contributed by atoms with van der Waals surface area (Å²) in [7, 11) is 0. The van der Waals surface area contributed by atoms with E-state index in [2.05, 4.69) is 20.8 Å². The van der Waals surface area contributed by atoms with Crippen molar-refractivity contribution < 1.29 is 5.11 Å². The molecule has 0 aliphatic heterocycles. The molecule has 0 unspecified atom stereocenters. The molecule has 0 bridgehead atoms. The topological polar surface area (TPSA) is 73.3 Å². The lowest BCUT2D eigenvalue weighted by molar-refractivity contribution is 0.289. The van der Waals surface area contributed by atoms with Crippen molar-refractivity contribution in [1.82, 2.24) is 0 Å². The summed E-state index contributed by atoms with van der Waals surface area (Å²) >= 11 is 3.42. The molecule has 1 aromatic carbocycles. The molecular formula is C12H18BrN3O. The standard InChI is InChI=1S/C12H18BrN3O/c1-2-16(7-4-8-17)10-6-3-5-9(13)11(10)12(14)15/h3,5-6,17H,2,4,7-8H2,1H3,(H3,14,15). The number of hydrogen-bond acceptors (Lipinski definition) is 3. The van der Waals surface area contributed by atoms with Crippen LogP contribution in [0.15, 0.2) is 22.7 Å². The molecule has 0 fully saturated rings. The van der Waals surface area contributed by atoms with Gasteiger partial charge in [-0.15, -0.1) is 0 Å². The van der Waals surface area contributed by atoms with Gasteiger partial charge >= 0.3 is 0 Å². The molecule has 5 heteroatoms. The van der Waals surface area contributed by atoms with Crippen molar-refractivity contribution in [3.05, 3.63) is 28.2 Å². The maximum absolute atomic E-state index is 8.89. The highest BCUT2D eigenvalue weighted by Crippen LogP contribution is 2.27. The van der Waals surface area contributed by atoms with Gasteiger partial charge in [-0.2, -0.15) is 0 Å². The predicted molar refractivity (Wildman–Crippen MR) is 74.7 cm³/mol. The maximum atomic E-state index is 8.89. The van der Waals surface area contributed by atoms with Crippen LogP contribution in [0.25, 0.3) is 0 Å². The zero-order chi connectivity index (χ0) is 12.8. The average molecular weight is 300 g/mol. The van der Waals surface area contributed by atoms with Crippen molar-refractivity contribution >= 4 is 27.5 Å². The molecule has 0 aromatic heterocycles. The predicted octanol–water partition coefficient (Wildman–Crippen LogP) is 1.94. The van der Waals surface area contributed by atoms with Gasteiger partial charge in [0.05, 0.1) is 5.56 Å². The molecule has 0 atom stereocenters. The lowest BCUT2D eigenvalue weighted by Gasteiger charge is -2.25. The zero-order valence-corrected chi connectivity index (χ0v) is 11.5. The van der Waals surface area contributed by atoms with E-state index >= 15 is 0 Å². The Balaban J connectivity index is 3.09. The van der Waals surface area contributed by atoms with Gasteiger partial charge in [-0.1, -0.05) is 6.07 Å². The number of aliphatic hydroxyl groups excluding tert-OH is 1.